The Labute approximate surface area is 231 Å². The van der Waals surface area contributed by atoms with Gasteiger partial charge in [-0.2, -0.15) is 0 Å². The molecule has 9 heteroatoms. The minimum absolute atomic E-state index is 0.147. The number of rotatable bonds is 11. The van der Waals surface area contributed by atoms with Crippen LogP contribution in [0.3, 0.4) is 0 Å². The zero-order valence-corrected chi connectivity index (χ0v) is 22.3. The lowest BCUT2D eigenvalue weighted by Gasteiger charge is -2.18. The van der Waals surface area contributed by atoms with E-state index in [1.165, 1.54) is 18.5 Å². The molecule has 0 atom stereocenters. The van der Waals surface area contributed by atoms with E-state index in [9.17, 15) is 4.39 Å². The summed E-state index contributed by atoms with van der Waals surface area (Å²) in [5.74, 6) is 2.69. The Bertz CT molecular complexity index is 1400. The molecule has 5 rings (SSSR count). The van der Waals surface area contributed by atoms with Crippen LogP contribution in [-0.2, 0) is 6.61 Å². The standard InChI is InChI=1S/C29H28Cl2FN3O3/c30-11-4-12-36-23-15-25-28(27(16-23)38-22-7-1-2-8-22)29(34-18-33-25)35-21-9-10-26(24(31)14-21)37-17-19-5-3-6-20(32)13-19/h3,5-6,9-10,13-16,18,22H,1-2,4,7-8,11-12,17H2,(H,33,34,35). The predicted molar refractivity (Wildman–Crippen MR) is 149 cm³/mol. The van der Waals surface area contributed by atoms with Crippen LogP contribution in [0.15, 0.2) is 60.9 Å². The van der Waals surface area contributed by atoms with E-state index in [0.29, 0.717) is 46.1 Å². The number of ether oxygens (including phenoxy) is 3. The highest BCUT2D eigenvalue weighted by Gasteiger charge is 2.21. The Morgan fingerprint density at radius 3 is 2.63 bits per heavy atom. The molecule has 0 unspecified atom stereocenters. The van der Waals surface area contributed by atoms with Gasteiger partial charge in [-0.25, -0.2) is 14.4 Å². The van der Waals surface area contributed by atoms with Gasteiger partial charge in [0.25, 0.3) is 0 Å². The maximum absolute atomic E-state index is 13.5. The summed E-state index contributed by atoms with van der Waals surface area (Å²) in [7, 11) is 0. The van der Waals surface area contributed by atoms with Crippen LogP contribution < -0.4 is 19.5 Å². The van der Waals surface area contributed by atoms with E-state index >= 15 is 0 Å². The molecular formula is C29H28Cl2FN3O3. The van der Waals surface area contributed by atoms with Crippen molar-refractivity contribution in [2.24, 2.45) is 0 Å². The summed E-state index contributed by atoms with van der Waals surface area (Å²) in [5, 5.41) is 4.54. The summed E-state index contributed by atoms with van der Waals surface area (Å²) in [6.07, 6.45) is 6.74. The van der Waals surface area contributed by atoms with Crippen molar-refractivity contribution in [2.75, 3.05) is 17.8 Å². The molecule has 3 aromatic carbocycles. The number of hydrogen-bond donors (Lipinski definition) is 1. The van der Waals surface area contributed by atoms with Crippen LogP contribution >= 0.6 is 23.2 Å². The maximum atomic E-state index is 13.5. The molecule has 0 amide bonds. The summed E-state index contributed by atoms with van der Waals surface area (Å²) in [5.41, 5.74) is 2.15. The molecule has 0 saturated heterocycles. The third-order valence-electron chi connectivity index (χ3n) is 6.30. The van der Waals surface area contributed by atoms with Gasteiger partial charge in [0.2, 0.25) is 0 Å². The second-order valence-corrected chi connectivity index (χ2v) is 9.93. The minimum Gasteiger partial charge on any atom is -0.493 e. The lowest BCUT2D eigenvalue weighted by molar-refractivity contribution is 0.211. The molecule has 0 spiro atoms. The first-order valence-corrected chi connectivity index (χ1v) is 13.6. The van der Waals surface area contributed by atoms with E-state index in [0.717, 1.165) is 48.7 Å². The normalized spacial score (nSPS) is 13.6. The Balaban J connectivity index is 1.39. The van der Waals surface area contributed by atoms with E-state index < -0.39 is 0 Å². The summed E-state index contributed by atoms with van der Waals surface area (Å²) < 4.78 is 31.6. The number of halogens is 3. The Morgan fingerprint density at radius 2 is 1.84 bits per heavy atom. The van der Waals surface area contributed by atoms with E-state index in [1.807, 2.05) is 18.2 Å². The van der Waals surface area contributed by atoms with E-state index in [1.54, 1.807) is 24.3 Å². The van der Waals surface area contributed by atoms with Gasteiger partial charge in [0.05, 0.1) is 28.6 Å². The van der Waals surface area contributed by atoms with Crippen molar-refractivity contribution in [3.8, 4) is 17.2 Å². The lowest BCUT2D eigenvalue weighted by Crippen LogP contribution is -2.12. The van der Waals surface area contributed by atoms with Crippen LogP contribution in [0.4, 0.5) is 15.9 Å². The van der Waals surface area contributed by atoms with Crippen LogP contribution in [0.25, 0.3) is 10.9 Å². The first-order valence-electron chi connectivity index (χ1n) is 12.7. The van der Waals surface area contributed by atoms with Crippen molar-refractivity contribution in [1.82, 2.24) is 9.97 Å². The molecule has 198 valence electrons. The molecule has 1 saturated carbocycles. The Hall–Kier alpha value is -3.29. The summed E-state index contributed by atoms with van der Waals surface area (Å²) in [4.78, 5) is 9.00. The van der Waals surface area contributed by atoms with Crippen molar-refractivity contribution in [1.29, 1.82) is 0 Å². The third-order valence-corrected chi connectivity index (χ3v) is 6.86. The fourth-order valence-corrected chi connectivity index (χ4v) is 4.80. The van der Waals surface area contributed by atoms with Crippen molar-refractivity contribution < 1.29 is 18.6 Å². The molecule has 1 heterocycles. The molecule has 0 bridgehead atoms. The van der Waals surface area contributed by atoms with Gasteiger partial charge in [-0.05, 0) is 68.0 Å². The largest absolute Gasteiger partial charge is 0.493 e. The van der Waals surface area contributed by atoms with Gasteiger partial charge >= 0.3 is 0 Å². The Kier molecular flexibility index (Phi) is 8.66. The van der Waals surface area contributed by atoms with E-state index in [-0.39, 0.29) is 18.5 Å². The molecule has 1 N–H and O–H groups in total. The fourth-order valence-electron chi connectivity index (χ4n) is 4.45. The average Bonchev–Trinajstić information content (AvgIpc) is 3.42. The van der Waals surface area contributed by atoms with Crippen LogP contribution in [0, 0.1) is 5.82 Å². The number of benzene rings is 3. The number of nitrogens with zero attached hydrogens (tertiary/aromatic N) is 2. The highest BCUT2D eigenvalue weighted by molar-refractivity contribution is 6.32. The molecule has 1 aliphatic rings. The lowest BCUT2D eigenvalue weighted by atomic mass is 10.2. The van der Waals surface area contributed by atoms with Crippen LogP contribution in [0.5, 0.6) is 17.2 Å². The van der Waals surface area contributed by atoms with Gasteiger partial charge in [-0.15, -0.1) is 11.6 Å². The van der Waals surface area contributed by atoms with Gasteiger partial charge in [-0.3, -0.25) is 0 Å². The van der Waals surface area contributed by atoms with Gasteiger partial charge in [0, 0.05) is 23.7 Å². The highest BCUT2D eigenvalue weighted by atomic mass is 35.5. The first-order chi connectivity index (χ1) is 18.6. The van der Waals surface area contributed by atoms with Gasteiger partial charge in [0.1, 0.15) is 41.8 Å². The monoisotopic (exact) mass is 555 g/mol. The quantitative estimate of drug-likeness (QED) is 0.149. The van der Waals surface area contributed by atoms with E-state index in [4.69, 9.17) is 37.4 Å². The number of anilines is 2. The average molecular weight is 556 g/mol. The van der Waals surface area contributed by atoms with Gasteiger partial charge < -0.3 is 19.5 Å². The third kappa shape index (κ3) is 6.58. The molecule has 0 radical (unpaired) electrons. The Morgan fingerprint density at radius 1 is 0.974 bits per heavy atom. The topological polar surface area (TPSA) is 65.5 Å². The smallest absolute Gasteiger partial charge is 0.145 e. The van der Waals surface area contributed by atoms with Gasteiger partial charge in [0.15, 0.2) is 0 Å². The number of nitrogens with one attached hydrogen (secondary N) is 1. The highest BCUT2D eigenvalue weighted by Crippen LogP contribution is 2.38. The minimum atomic E-state index is -0.306. The molecular weight excluding hydrogens is 528 g/mol. The van der Waals surface area contributed by atoms with Crippen molar-refractivity contribution in [3.63, 3.8) is 0 Å². The molecule has 38 heavy (non-hydrogen) atoms. The number of fused-ring (bicyclic) bond motifs is 1. The zero-order chi connectivity index (χ0) is 26.3. The van der Waals surface area contributed by atoms with Crippen molar-refractivity contribution in [3.05, 3.63) is 77.3 Å². The second kappa shape index (κ2) is 12.5. The fraction of sp³-hybridized carbons (Fsp3) is 0.310. The number of aromatic nitrogens is 2. The maximum Gasteiger partial charge on any atom is 0.145 e. The predicted octanol–water partition coefficient (Wildman–Crippen LogP) is 8.07. The summed E-state index contributed by atoms with van der Waals surface area (Å²) >= 11 is 12.3. The molecule has 1 aromatic heterocycles. The molecule has 6 nitrogen and oxygen atoms in total. The number of hydrogen-bond acceptors (Lipinski definition) is 6. The zero-order valence-electron chi connectivity index (χ0n) is 20.8. The van der Waals surface area contributed by atoms with Crippen molar-refractivity contribution >= 4 is 45.6 Å². The van der Waals surface area contributed by atoms with Crippen LogP contribution in [0.1, 0.15) is 37.7 Å². The summed E-state index contributed by atoms with van der Waals surface area (Å²) in [6.45, 7) is 0.720. The summed E-state index contributed by atoms with van der Waals surface area (Å²) in [6, 6.07) is 15.4. The van der Waals surface area contributed by atoms with Crippen LogP contribution in [0.2, 0.25) is 5.02 Å². The second-order valence-electron chi connectivity index (χ2n) is 9.14. The number of alkyl halides is 1. The van der Waals surface area contributed by atoms with Gasteiger partial charge in [-0.1, -0.05) is 23.7 Å². The first kappa shape index (κ1) is 26.3. The molecule has 1 fully saturated rings. The van der Waals surface area contributed by atoms with Crippen molar-refractivity contribution in [2.45, 2.75) is 44.8 Å². The van der Waals surface area contributed by atoms with Crippen LogP contribution in [-0.4, -0.2) is 28.6 Å². The van der Waals surface area contributed by atoms with E-state index in [2.05, 4.69) is 15.3 Å². The molecule has 4 aromatic rings. The molecule has 0 aliphatic heterocycles. The SMILES string of the molecule is Fc1cccc(COc2ccc(Nc3ncnc4cc(OCCCCl)cc(OC5CCCC5)c34)cc2Cl)c1. The molecule has 1 aliphatic carbocycles.